The number of rotatable bonds is 3. The lowest BCUT2D eigenvalue weighted by atomic mass is 10.0. The van der Waals surface area contributed by atoms with Crippen LogP contribution in [0.4, 0.5) is 0 Å². The number of hydrogen-bond acceptors (Lipinski definition) is 4. The summed E-state index contributed by atoms with van der Waals surface area (Å²) in [5, 5.41) is 3.19. The molecule has 1 aliphatic rings. The average Bonchev–Trinajstić information content (AvgIpc) is 2.49. The first-order valence-electron chi connectivity index (χ1n) is 4.01. The Labute approximate surface area is 75.8 Å². The topological polar surface area (TPSA) is 34.1 Å². The summed E-state index contributed by atoms with van der Waals surface area (Å²) in [5.74, 6) is 0. The number of nitrogens with one attached hydrogen (secondary N) is 1. The van der Waals surface area contributed by atoms with Gasteiger partial charge in [-0.15, -0.1) is 11.3 Å². The summed E-state index contributed by atoms with van der Waals surface area (Å²) in [6.45, 7) is 4.75. The van der Waals surface area contributed by atoms with Gasteiger partial charge in [0.1, 0.15) is 0 Å². The Hall–Kier alpha value is -0.450. The van der Waals surface area contributed by atoms with Gasteiger partial charge in [-0.2, -0.15) is 0 Å². The molecule has 0 saturated carbocycles. The Kier molecular flexibility index (Phi) is 2.12. The number of nitrogens with zero attached hydrogens (tertiary/aromatic N) is 1. The highest BCUT2D eigenvalue weighted by atomic mass is 32.1. The van der Waals surface area contributed by atoms with Crippen LogP contribution in [-0.4, -0.2) is 23.7 Å². The van der Waals surface area contributed by atoms with Crippen molar-refractivity contribution >= 4 is 11.3 Å². The third-order valence-electron chi connectivity index (χ3n) is 2.04. The molecule has 0 bridgehead atoms. The fourth-order valence-electron chi connectivity index (χ4n) is 1.14. The van der Waals surface area contributed by atoms with Crippen LogP contribution in [-0.2, 0) is 11.3 Å². The van der Waals surface area contributed by atoms with Crippen molar-refractivity contribution in [2.24, 2.45) is 0 Å². The van der Waals surface area contributed by atoms with E-state index in [1.54, 1.807) is 11.3 Å². The molecule has 0 radical (unpaired) electrons. The van der Waals surface area contributed by atoms with Crippen molar-refractivity contribution in [3.63, 3.8) is 0 Å². The monoisotopic (exact) mass is 184 g/mol. The molecular formula is C8H12N2OS. The van der Waals surface area contributed by atoms with E-state index in [-0.39, 0.29) is 5.60 Å². The summed E-state index contributed by atoms with van der Waals surface area (Å²) in [7, 11) is 0. The molecule has 1 aromatic heterocycles. The SMILES string of the molecule is CC1(OCc2cncs2)CNC1. The molecule has 2 heterocycles. The van der Waals surface area contributed by atoms with Gasteiger partial charge in [-0.1, -0.05) is 0 Å². The molecule has 0 atom stereocenters. The fraction of sp³-hybridized carbons (Fsp3) is 0.625. The van der Waals surface area contributed by atoms with Gasteiger partial charge in [-0.05, 0) is 6.92 Å². The van der Waals surface area contributed by atoms with E-state index in [9.17, 15) is 0 Å². The molecule has 1 aliphatic heterocycles. The Balaban J connectivity index is 1.82. The summed E-state index contributed by atoms with van der Waals surface area (Å²) >= 11 is 1.64. The highest BCUT2D eigenvalue weighted by Crippen LogP contribution is 2.18. The maximum atomic E-state index is 5.72. The second-order valence-electron chi connectivity index (χ2n) is 3.31. The highest BCUT2D eigenvalue weighted by molar-refractivity contribution is 7.09. The van der Waals surface area contributed by atoms with E-state index in [1.165, 1.54) is 4.88 Å². The standard InChI is InChI=1S/C8H12N2OS/c1-8(4-10-5-8)11-3-7-2-9-6-12-7/h2,6,10H,3-5H2,1H3. The van der Waals surface area contributed by atoms with Crippen LogP contribution in [0.5, 0.6) is 0 Å². The third-order valence-corrected chi connectivity index (χ3v) is 2.80. The van der Waals surface area contributed by atoms with E-state index in [4.69, 9.17) is 4.74 Å². The fourth-order valence-corrected chi connectivity index (χ4v) is 1.64. The first kappa shape index (κ1) is 8.16. The van der Waals surface area contributed by atoms with Crippen LogP contribution in [0.25, 0.3) is 0 Å². The van der Waals surface area contributed by atoms with Crippen molar-refractivity contribution in [2.75, 3.05) is 13.1 Å². The van der Waals surface area contributed by atoms with Crippen LogP contribution in [0.2, 0.25) is 0 Å². The first-order valence-corrected chi connectivity index (χ1v) is 4.89. The van der Waals surface area contributed by atoms with Gasteiger partial charge in [0.2, 0.25) is 0 Å². The molecule has 2 rings (SSSR count). The molecular weight excluding hydrogens is 172 g/mol. The summed E-state index contributed by atoms with van der Waals surface area (Å²) in [6, 6.07) is 0. The van der Waals surface area contributed by atoms with Crippen molar-refractivity contribution in [2.45, 2.75) is 19.1 Å². The highest BCUT2D eigenvalue weighted by Gasteiger charge is 2.32. The van der Waals surface area contributed by atoms with Crippen molar-refractivity contribution < 1.29 is 4.74 Å². The molecule has 1 fully saturated rings. The molecule has 0 unspecified atom stereocenters. The van der Waals surface area contributed by atoms with Crippen molar-refractivity contribution in [3.05, 3.63) is 16.6 Å². The predicted molar refractivity (Wildman–Crippen MR) is 48.2 cm³/mol. The van der Waals surface area contributed by atoms with Crippen LogP contribution in [0, 0.1) is 0 Å². The second kappa shape index (κ2) is 3.12. The average molecular weight is 184 g/mol. The summed E-state index contributed by atoms with van der Waals surface area (Å²) in [4.78, 5) is 5.19. The Morgan fingerprint density at radius 2 is 2.58 bits per heavy atom. The van der Waals surface area contributed by atoms with Crippen LogP contribution >= 0.6 is 11.3 Å². The zero-order chi connectivity index (χ0) is 8.44. The summed E-state index contributed by atoms with van der Waals surface area (Å²) < 4.78 is 5.72. The van der Waals surface area contributed by atoms with Gasteiger partial charge in [-0.25, -0.2) is 0 Å². The van der Waals surface area contributed by atoms with Crippen molar-refractivity contribution in [1.82, 2.24) is 10.3 Å². The van der Waals surface area contributed by atoms with Gasteiger partial charge >= 0.3 is 0 Å². The molecule has 0 aromatic carbocycles. The molecule has 0 spiro atoms. The van der Waals surface area contributed by atoms with E-state index in [0.29, 0.717) is 6.61 Å². The molecule has 1 saturated heterocycles. The normalized spacial score (nSPS) is 20.4. The number of hydrogen-bond donors (Lipinski definition) is 1. The van der Waals surface area contributed by atoms with E-state index < -0.39 is 0 Å². The first-order chi connectivity index (χ1) is 5.79. The summed E-state index contributed by atoms with van der Waals surface area (Å²) in [6.07, 6.45) is 1.86. The molecule has 0 aliphatic carbocycles. The zero-order valence-corrected chi connectivity index (χ0v) is 7.86. The number of thiazole rings is 1. The molecule has 0 amide bonds. The van der Waals surface area contributed by atoms with Gasteiger partial charge in [0, 0.05) is 19.3 Å². The van der Waals surface area contributed by atoms with E-state index >= 15 is 0 Å². The lowest BCUT2D eigenvalue weighted by Gasteiger charge is -2.38. The number of aromatic nitrogens is 1. The molecule has 66 valence electrons. The molecule has 1 N–H and O–H groups in total. The minimum absolute atomic E-state index is 0.0595. The molecule has 12 heavy (non-hydrogen) atoms. The predicted octanol–water partition coefficient (Wildman–Crippen LogP) is 1.02. The van der Waals surface area contributed by atoms with Gasteiger partial charge in [0.25, 0.3) is 0 Å². The zero-order valence-electron chi connectivity index (χ0n) is 7.04. The molecule has 3 nitrogen and oxygen atoms in total. The largest absolute Gasteiger partial charge is 0.367 e. The van der Waals surface area contributed by atoms with E-state index in [0.717, 1.165) is 13.1 Å². The minimum Gasteiger partial charge on any atom is -0.367 e. The molecule has 4 heteroatoms. The summed E-state index contributed by atoms with van der Waals surface area (Å²) in [5.41, 5.74) is 1.89. The van der Waals surface area contributed by atoms with Crippen LogP contribution in [0.15, 0.2) is 11.7 Å². The second-order valence-corrected chi connectivity index (χ2v) is 4.28. The Bertz CT molecular complexity index is 244. The van der Waals surface area contributed by atoms with Gasteiger partial charge in [0.15, 0.2) is 0 Å². The van der Waals surface area contributed by atoms with E-state index in [2.05, 4.69) is 17.2 Å². The van der Waals surface area contributed by atoms with Gasteiger partial charge < -0.3 is 10.1 Å². The van der Waals surface area contributed by atoms with E-state index in [1.807, 2.05) is 11.7 Å². The lowest BCUT2D eigenvalue weighted by Crippen LogP contribution is -2.58. The minimum atomic E-state index is 0.0595. The Morgan fingerprint density at radius 1 is 1.75 bits per heavy atom. The maximum Gasteiger partial charge on any atom is 0.0906 e. The van der Waals surface area contributed by atoms with Crippen LogP contribution in [0.1, 0.15) is 11.8 Å². The number of ether oxygens (including phenoxy) is 1. The smallest absolute Gasteiger partial charge is 0.0906 e. The van der Waals surface area contributed by atoms with Gasteiger partial charge in [-0.3, -0.25) is 4.98 Å². The molecule has 1 aromatic rings. The van der Waals surface area contributed by atoms with Crippen molar-refractivity contribution in [1.29, 1.82) is 0 Å². The van der Waals surface area contributed by atoms with Gasteiger partial charge in [0.05, 0.1) is 22.6 Å². The Morgan fingerprint density at radius 3 is 3.08 bits per heavy atom. The lowest BCUT2D eigenvalue weighted by molar-refractivity contribution is -0.0758. The van der Waals surface area contributed by atoms with Crippen molar-refractivity contribution in [3.8, 4) is 0 Å². The quantitative estimate of drug-likeness (QED) is 0.761. The third kappa shape index (κ3) is 1.65. The van der Waals surface area contributed by atoms with Crippen LogP contribution < -0.4 is 5.32 Å². The van der Waals surface area contributed by atoms with Crippen LogP contribution in [0.3, 0.4) is 0 Å². The maximum absolute atomic E-state index is 5.72.